The number of carbonyl (C=O) groups excluding carboxylic acids is 1. The summed E-state index contributed by atoms with van der Waals surface area (Å²) in [6.07, 6.45) is 1.79. The zero-order valence-corrected chi connectivity index (χ0v) is 18.0. The number of hydrogen-bond donors (Lipinski definition) is 1. The first-order valence-electron chi connectivity index (χ1n) is 9.18. The van der Waals surface area contributed by atoms with Crippen molar-refractivity contribution in [3.8, 4) is 0 Å². The number of carbonyl (C=O) groups is 1. The van der Waals surface area contributed by atoms with E-state index in [0.717, 1.165) is 17.4 Å². The average Bonchev–Trinajstić information content (AvgIpc) is 3.08. The van der Waals surface area contributed by atoms with Gasteiger partial charge in [0.2, 0.25) is 5.91 Å². The van der Waals surface area contributed by atoms with Crippen LogP contribution in [0.1, 0.15) is 19.8 Å². The molecule has 0 atom stereocenters. The molecule has 0 saturated heterocycles. The summed E-state index contributed by atoms with van der Waals surface area (Å²) in [7, 11) is 3.04. The lowest BCUT2D eigenvalue weighted by Gasteiger charge is -2.09. The zero-order chi connectivity index (χ0) is 21.1. The van der Waals surface area contributed by atoms with Crippen LogP contribution in [0, 0.1) is 0 Å². The van der Waals surface area contributed by atoms with Gasteiger partial charge in [0.1, 0.15) is 0 Å². The molecular formula is C19H22ClN5O3S. The van der Waals surface area contributed by atoms with Crippen LogP contribution in [0.4, 0.5) is 5.69 Å². The van der Waals surface area contributed by atoms with Crippen LogP contribution in [0.3, 0.4) is 0 Å². The van der Waals surface area contributed by atoms with Crippen molar-refractivity contribution in [2.24, 2.45) is 14.1 Å². The molecule has 2 aromatic heterocycles. The van der Waals surface area contributed by atoms with Gasteiger partial charge in [0.25, 0.3) is 5.56 Å². The molecule has 154 valence electrons. The molecule has 8 nitrogen and oxygen atoms in total. The van der Waals surface area contributed by atoms with Crippen molar-refractivity contribution in [2.45, 2.75) is 31.5 Å². The number of rotatable bonds is 7. The molecule has 1 N–H and O–H groups in total. The zero-order valence-electron chi connectivity index (χ0n) is 16.4. The quantitative estimate of drug-likeness (QED) is 0.576. The van der Waals surface area contributed by atoms with E-state index in [1.807, 2.05) is 0 Å². The monoisotopic (exact) mass is 435 g/mol. The fraction of sp³-hybridized carbons (Fsp3) is 0.368. The number of nitrogens with one attached hydrogen (secondary N) is 1. The first-order chi connectivity index (χ1) is 13.8. The summed E-state index contributed by atoms with van der Waals surface area (Å²) in [6, 6.07) is 6.84. The summed E-state index contributed by atoms with van der Waals surface area (Å²) in [4.78, 5) is 41.7. The second-order valence-corrected chi connectivity index (χ2v) is 8.00. The van der Waals surface area contributed by atoms with E-state index in [4.69, 9.17) is 11.6 Å². The lowest BCUT2D eigenvalue weighted by atomic mass is 10.3. The molecule has 2 heterocycles. The number of anilines is 1. The number of aryl methyl sites for hydroxylation is 2. The minimum atomic E-state index is -0.431. The second kappa shape index (κ2) is 8.87. The van der Waals surface area contributed by atoms with Gasteiger partial charge in [0.15, 0.2) is 16.3 Å². The largest absolute Gasteiger partial charge is 0.332 e. The van der Waals surface area contributed by atoms with Gasteiger partial charge in [-0.15, -0.1) is 0 Å². The van der Waals surface area contributed by atoms with Crippen molar-refractivity contribution < 1.29 is 4.79 Å². The van der Waals surface area contributed by atoms with Crippen LogP contribution < -0.4 is 16.6 Å². The predicted octanol–water partition coefficient (Wildman–Crippen LogP) is 2.62. The number of amides is 1. The highest BCUT2D eigenvalue weighted by molar-refractivity contribution is 7.99. The third-order valence-corrected chi connectivity index (χ3v) is 5.74. The Morgan fingerprint density at radius 1 is 1.17 bits per heavy atom. The Morgan fingerprint density at radius 2 is 1.86 bits per heavy atom. The van der Waals surface area contributed by atoms with Crippen molar-refractivity contribution in [1.82, 2.24) is 18.7 Å². The van der Waals surface area contributed by atoms with Gasteiger partial charge in [-0.2, -0.15) is 0 Å². The van der Waals surface area contributed by atoms with Gasteiger partial charge in [-0.25, -0.2) is 9.78 Å². The van der Waals surface area contributed by atoms with E-state index in [1.165, 1.54) is 23.4 Å². The van der Waals surface area contributed by atoms with Gasteiger partial charge >= 0.3 is 5.69 Å². The van der Waals surface area contributed by atoms with E-state index >= 15 is 0 Å². The first kappa shape index (κ1) is 21.2. The summed E-state index contributed by atoms with van der Waals surface area (Å²) in [5.41, 5.74) is 0.540. The Hall–Kier alpha value is -2.52. The number of benzene rings is 1. The number of hydrogen-bond acceptors (Lipinski definition) is 5. The van der Waals surface area contributed by atoms with E-state index in [-0.39, 0.29) is 17.2 Å². The first-order valence-corrected chi connectivity index (χ1v) is 10.5. The average molecular weight is 436 g/mol. The van der Waals surface area contributed by atoms with Crippen molar-refractivity contribution in [3.05, 3.63) is 50.1 Å². The summed E-state index contributed by atoms with van der Waals surface area (Å²) in [5, 5.41) is 3.93. The van der Waals surface area contributed by atoms with Gasteiger partial charge in [0, 0.05) is 31.4 Å². The van der Waals surface area contributed by atoms with Crippen LogP contribution in [0.5, 0.6) is 0 Å². The molecule has 10 heteroatoms. The highest BCUT2D eigenvalue weighted by Crippen LogP contribution is 2.23. The van der Waals surface area contributed by atoms with Crippen LogP contribution in [0.15, 0.2) is 39.0 Å². The summed E-state index contributed by atoms with van der Waals surface area (Å²) < 4.78 is 4.24. The minimum Gasteiger partial charge on any atom is -0.325 e. The normalized spacial score (nSPS) is 11.2. The molecule has 1 amide bonds. The van der Waals surface area contributed by atoms with E-state index in [9.17, 15) is 14.4 Å². The van der Waals surface area contributed by atoms with Crippen LogP contribution in [-0.4, -0.2) is 30.3 Å². The molecule has 29 heavy (non-hydrogen) atoms. The third-order valence-electron chi connectivity index (χ3n) is 4.51. The van der Waals surface area contributed by atoms with Crippen molar-refractivity contribution in [2.75, 3.05) is 11.1 Å². The molecular weight excluding hydrogens is 414 g/mol. The van der Waals surface area contributed by atoms with E-state index in [0.29, 0.717) is 33.6 Å². The molecule has 0 radical (unpaired) electrons. The fourth-order valence-electron chi connectivity index (χ4n) is 2.92. The summed E-state index contributed by atoms with van der Waals surface area (Å²) in [6.45, 7) is 2.64. The highest BCUT2D eigenvalue weighted by Gasteiger charge is 2.19. The molecule has 3 aromatic rings. The SMILES string of the molecule is CCCCn1c(SCC(=O)Nc2ccc(Cl)cc2)nc2c1c(=O)n(C)c(=O)n2C. The number of imidazole rings is 1. The van der Waals surface area contributed by atoms with Gasteiger partial charge in [-0.05, 0) is 30.7 Å². The molecule has 0 unspecified atom stereocenters. The lowest BCUT2D eigenvalue weighted by Crippen LogP contribution is -2.37. The molecule has 0 bridgehead atoms. The van der Waals surface area contributed by atoms with Crippen LogP contribution in [0.25, 0.3) is 11.2 Å². The molecule has 0 saturated carbocycles. The van der Waals surface area contributed by atoms with Crippen molar-refractivity contribution in [3.63, 3.8) is 0 Å². The topological polar surface area (TPSA) is 90.9 Å². The van der Waals surface area contributed by atoms with Crippen LogP contribution in [0.2, 0.25) is 5.02 Å². The number of halogens is 1. The molecule has 0 fully saturated rings. The number of aromatic nitrogens is 4. The number of fused-ring (bicyclic) bond motifs is 1. The van der Waals surface area contributed by atoms with Crippen LogP contribution in [-0.2, 0) is 25.4 Å². The highest BCUT2D eigenvalue weighted by atomic mass is 35.5. The van der Waals surface area contributed by atoms with Gasteiger partial charge in [0.05, 0.1) is 5.75 Å². The lowest BCUT2D eigenvalue weighted by molar-refractivity contribution is -0.113. The molecule has 1 aromatic carbocycles. The number of nitrogens with zero attached hydrogens (tertiary/aromatic N) is 4. The Labute approximate surface area is 176 Å². The Kier molecular flexibility index (Phi) is 6.49. The predicted molar refractivity (Wildman–Crippen MR) is 116 cm³/mol. The van der Waals surface area contributed by atoms with E-state index in [1.54, 1.807) is 35.9 Å². The van der Waals surface area contributed by atoms with Crippen molar-refractivity contribution >= 4 is 46.1 Å². The molecule has 3 rings (SSSR count). The Bertz CT molecular complexity index is 1160. The van der Waals surface area contributed by atoms with Crippen LogP contribution >= 0.6 is 23.4 Å². The smallest absolute Gasteiger partial charge is 0.325 e. The second-order valence-electron chi connectivity index (χ2n) is 6.62. The van der Waals surface area contributed by atoms with Gasteiger partial charge in [-0.1, -0.05) is 36.7 Å². The molecule has 0 aliphatic carbocycles. The van der Waals surface area contributed by atoms with E-state index in [2.05, 4.69) is 17.2 Å². The summed E-state index contributed by atoms with van der Waals surface area (Å²) >= 11 is 7.09. The Morgan fingerprint density at radius 3 is 2.52 bits per heavy atom. The molecule has 0 aliphatic heterocycles. The standard InChI is InChI=1S/C19H22ClN5O3S/c1-4-5-10-25-15-16(23(2)19(28)24(3)17(15)27)22-18(25)29-11-14(26)21-13-8-6-12(20)7-9-13/h6-9H,4-5,10-11H2,1-3H3,(H,21,26). The number of unbranched alkanes of at least 4 members (excludes halogenated alkanes) is 1. The maximum absolute atomic E-state index is 12.7. The summed E-state index contributed by atoms with van der Waals surface area (Å²) in [5.74, 6) is -0.0833. The molecule has 0 spiro atoms. The maximum atomic E-state index is 12.7. The van der Waals surface area contributed by atoms with Crippen molar-refractivity contribution in [1.29, 1.82) is 0 Å². The number of thioether (sulfide) groups is 1. The fourth-order valence-corrected chi connectivity index (χ4v) is 3.87. The van der Waals surface area contributed by atoms with Gasteiger partial charge < -0.3 is 9.88 Å². The Balaban J connectivity index is 1.89. The maximum Gasteiger partial charge on any atom is 0.332 e. The molecule has 0 aliphatic rings. The third kappa shape index (κ3) is 4.40. The van der Waals surface area contributed by atoms with E-state index < -0.39 is 5.69 Å². The van der Waals surface area contributed by atoms with Gasteiger partial charge in [-0.3, -0.25) is 18.7 Å². The minimum absolute atomic E-state index is 0.117.